The molecule has 124 valence electrons. The molecule has 0 unspecified atom stereocenters. The second-order valence-electron chi connectivity index (χ2n) is 5.02. The van der Waals surface area contributed by atoms with Crippen LogP contribution in [0.5, 0.6) is 0 Å². The Morgan fingerprint density at radius 2 is 1.91 bits per heavy atom. The summed E-state index contributed by atoms with van der Waals surface area (Å²) in [6.07, 6.45) is 0. The van der Waals surface area contributed by atoms with Crippen LogP contribution >= 0.6 is 22.9 Å². The standard InChI is InChI=1S/C15H17ClN2O3S2/c1-11(12-6-4-3-5-7-12)17-14(19)10-18(2)23(20,21)15-9-8-13(16)22-15/h3-9,11H,10H2,1-2H3,(H,17,19)/t11-/m1/s1. The lowest BCUT2D eigenvalue weighted by atomic mass is 10.1. The maximum absolute atomic E-state index is 12.3. The summed E-state index contributed by atoms with van der Waals surface area (Å²) in [5.74, 6) is -0.366. The molecule has 1 aromatic heterocycles. The van der Waals surface area contributed by atoms with Gasteiger partial charge in [-0.2, -0.15) is 4.31 Å². The molecule has 0 saturated heterocycles. The van der Waals surface area contributed by atoms with E-state index < -0.39 is 10.0 Å². The Morgan fingerprint density at radius 3 is 2.48 bits per heavy atom. The summed E-state index contributed by atoms with van der Waals surface area (Å²) in [5, 5.41) is 2.79. The lowest BCUT2D eigenvalue weighted by molar-refractivity contribution is -0.121. The van der Waals surface area contributed by atoms with Crippen molar-refractivity contribution in [2.24, 2.45) is 0 Å². The summed E-state index contributed by atoms with van der Waals surface area (Å²) >= 11 is 6.73. The van der Waals surface area contributed by atoms with Gasteiger partial charge in [-0.1, -0.05) is 41.9 Å². The summed E-state index contributed by atoms with van der Waals surface area (Å²) < 4.78 is 26.2. The number of halogens is 1. The normalized spacial score (nSPS) is 13.0. The van der Waals surface area contributed by atoms with E-state index >= 15 is 0 Å². The van der Waals surface area contributed by atoms with Crippen LogP contribution in [0.1, 0.15) is 18.5 Å². The number of nitrogens with one attached hydrogen (secondary N) is 1. The fourth-order valence-corrected chi connectivity index (χ4v) is 4.81. The Hall–Kier alpha value is -1.41. The third-order valence-electron chi connectivity index (χ3n) is 3.26. The number of rotatable bonds is 6. The van der Waals surface area contributed by atoms with Crippen molar-refractivity contribution in [3.8, 4) is 0 Å². The largest absolute Gasteiger partial charge is 0.348 e. The first kappa shape index (κ1) is 17.9. The van der Waals surface area contributed by atoms with Crippen molar-refractivity contribution in [3.63, 3.8) is 0 Å². The Bertz CT molecular complexity index is 775. The fourth-order valence-electron chi connectivity index (χ4n) is 1.99. The molecular weight excluding hydrogens is 356 g/mol. The van der Waals surface area contributed by atoms with E-state index in [1.54, 1.807) is 0 Å². The number of sulfonamides is 1. The van der Waals surface area contributed by atoms with E-state index in [1.165, 1.54) is 19.2 Å². The molecule has 0 saturated carbocycles. The molecule has 0 aliphatic heterocycles. The average molecular weight is 373 g/mol. The van der Waals surface area contributed by atoms with Crippen molar-refractivity contribution in [1.82, 2.24) is 9.62 Å². The number of amides is 1. The van der Waals surface area contributed by atoms with Gasteiger partial charge < -0.3 is 5.32 Å². The minimum Gasteiger partial charge on any atom is -0.348 e. The molecule has 0 fully saturated rings. The van der Waals surface area contributed by atoms with Gasteiger partial charge in [-0.05, 0) is 24.6 Å². The molecule has 1 amide bonds. The molecule has 1 heterocycles. The zero-order chi connectivity index (χ0) is 17.0. The first-order valence-electron chi connectivity index (χ1n) is 6.86. The first-order valence-corrected chi connectivity index (χ1v) is 9.50. The molecule has 2 aromatic rings. The monoisotopic (exact) mass is 372 g/mol. The van der Waals surface area contributed by atoms with E-state index in [-0.39, 0.29) is 22.7 Å². The number of thiophene rings is 1. The molecule has 0 bridgehead atoms. The van der Waals surface area contributed by atoms with Crippen LogP contribution in [-0.4, -0.2) is 32.2 Å². The average Bonchev–Trinajstić information content (AvgIpc) is 2.95. The number of nitrogens with zero attached hydrogens (tertiary/aromatic N) is 1. The van der Waals surface area contributed by atoms with E-state index in [1.807, 2.05) is 37.3 Å². The number of benzene rings is 1. The number of hydrogen-bond acceptors (Lipinski definition) is 4. The number of likely N-dealkylation sites (N-methyl/N-ethyl adjacent to an activating group) is 1. The quantitative estimate of drug-likeness (QED) is 0.847. The van der Waals surface area contributed by atoms with Crippen LogP contribution < -0.4 is 5.32 Å². The maximum atomic E-state index is 12.3. The highest BCUT2D eigenvalue weighted by Crippen LogP contribution is 2.27. The molecule has 0 aliphatic rings. The number of carbonyl (C=O) groups excluding carboxylic acids is 1. The molecule has 0 aliphatic carbocycles. The third-order valence-corrected chi connectivity index (χ3v) is 6.76. The molecule has 2 rings (SSSR count). The summed E-state index contributed by atoms with van der Waals surface area (Å²) in [7, 11) is -2.34. The van der Waals surface area contributed by atoms with Crippen molar-refractivity contribution < 1.29 is 13.2 Å². The fraction of sp³-hybridized carbons (Fsp3) is 0.267. The molecule has 0 spiro atoms. The van der Waals surface area contributed by atoms with Gasteiger partial charge in [0.15, 0.2) is 0 Å². The molecular formula is C15H17ClN2O3S2. The summed E-state index contributed by atoms with van der Waals surface area (Å²) in [6, 6.07) is 12.2. The molecule has 23 heavy (non-hydrogen) atoms. The van der Waals surface area contributed by atoms with Gasteiger partial charge in [0.1, 0.15) is 4.21 Å². The predicted molar refractivity (Wildman–Crippen MR) is 92.1 cm³/mol. The second-order valence-corrected chi connectivity index (χ2v) is 9.01. The van der Waals surface area contributed by atoms with Gasteiger partial charge in [0.25, 0.3) is 10.0 Å². The lowest BCUT2D eigenvalue weighted by Crippen LogP contribution is -2.39. The molecule has 0 radical (unpaired) electrons. The van der Waals surface area contributed by atoms with Crippen molar-refractivity contribution in [1.29, 1.82) is 0 Å². The van der Waals surface area contributed by atoms with Crippen molar-refractivity contribution in [2.75, 3.05) is 13.6 Å². The van der Waals surface area contributed by atoms with Crippen LogP contribution in [0, 0.1) is 0 Å². The molecule has 1 N–H and O–H groups in total. The van der Waals surface area contributed by atoms with Crippen LogP contribution in [0.4, 0.5) is 0 Å². The zero-order valence-electron chi connectivity index (χ0n) is 12.7. The summed E-state index contributed by atoms with van der Waals surface area (Å²) in [6.45, 7) is 1.59. The van der Waals surface area contributed by atoms with Crippen molar-refractivity contribution in [2.45, 2.75) is 17.2 Å². The van der Waals surface area contributed by atoms with Gasteiger partial charge >= 0.3 is 0 Å². The van der Waals surface area contributed by atoms with Crippen molar-refractivity contribution in [3.05, 3.63) is 52.4 Å². The van der Waals surface area contributed by atoms with Crippen LogP contribution in [0.15, 0.2) is 46.7 Å². The second kappa shape index (κ2) is 7.44. The highest BCUT2D eigenvalue weighted by molar-refractivity contribution is 7.91. The Labute approximate surface area is 144 Å². The van der Waals surface area contributed by atoms with Crippen LogP contribution in [0.3, 0.4) is 0 Å². The Kier molecular flexibility index (Phi) is 5.80. The van der Waals surface area contributed by atoms with E-state index in [4.69, 9.17) is 11.6 Å². The highest BCUT2D eigenvalue weighted by atomic mass is 35.5. The zero-order valence-corrected chi connectivity index (χ0v) is 15.1. The minimum atomic E-state index is -3.71. The van der Waals surface area contributed by atoms with Gasteiger partial charge in [0, 0.05) is 7.05 Å². The molecule has 1 atom stereocenters. The number of carbonyl (C=O) groups is 1. The van der Waals surface area contributed by atoms with Gasteiger partial charge in [-0.3, -0.25) is 4.79 Å². The van der Waals surface area contributed by atoms with Crippen molar-refractivity contribution >= 4 is 38.9 Å². The molecule has 8 heteroatoms. The van der Waals surface area contributed by atoms with E-state index in [9.17, 15) is 13.2 Å². The topological polar surface area (TPSA) is 66.5 Å². The lowest BCUT2D eigenvalue weighted by Gasteiger charge is -2.18. The molecule has 5 nitrogen and oxygen atoms in total. The van der Waals surface area contributed by atoms with Gasteiger partial charge in [0.2, 0.25) is 5.91 Å². The van der Waals surface area contributed by atoms with E-state index in [0.717, 1.165) is 21.2 Å². The molecule has 1 aromatic carbocycles. The smallest absolute Gasteiger partial charge is 0.252 e. The summed E-state index contributed by atoms with van der Waals surface area (Å²) in [5.41, 5.74) is 0.955. The Balaban J connectivity index is 1.99. The van der Waals surface area contributed by atoms with E-state index in [0.29, 0.717) is 4.34 Å². The van der Waals surface area contributed by atoms with Gasteiger partial charge in [-0.15, -0.1) is 11.3 Å². The van der Waals surface area contributed by atoms with Crippen LogP contribution in [-0.2, 0) is 14.8 Å². The van der Waals surface area contributed by atoms with Crippen LogP contribution in [0.25, 0.3) is 0 Å². The maximum Gasteiger partial charge on any atom is 0.252 e. The third kappa shape index (κ3) is 4.54. The summed E-state index contributed by atoms with van der Waals surface area (Å²) in [4.78, 5) is 12.1. The minimum absolute atomic E-state index is 0.119. The predicted octanol–water partition coefficient (Wildman–Crippen LogP) is 2.90. The van der Waals surface area contributed by atoms with E-state index in [2.05, 4.69) is 5.32 Å². The SMILES string of the molecule is C[C@@H](NC(=O)CN(C)S(=O)(=O)c1ccc(Cl)s1)c1ccccc1. The number of hydrogen-bond donors (Lipinski definition) is 1. The van der Waals surface area contributed by atoms with Gasteiger partial charge in [-0.25, -0.2) is 8.42 Å². The van der Waals surface area contributed by atoms with Crippen LogP contribution in [0.2, 0.25) is 4.34 Å². The van der Waals surface area contributed by atoms with Gasteiger partial charge in [0.05, 0.1) is 16.9 Å². The highest BCUT2D eigenvalue weighted by Gasteiger charge is 2.25. The Morgan fingerprint density at radius 1 is 1.26 bits per heavy atom. The first-order chi connectivity index (χ1) is 10.8.